The zero-order chi connectivity index (χ0) is 15.7. The van der Waals surface area contributed by atoms with E-state index in [-0.39, 0.29) is 6.04 Å². The maximum Gasteiger partial charge on any atom is 0.264 e. The van der Waals surface area contributed by atoms with Crippen molar-refractivity contribution in [2.45, 2.75) is 13.0 Å². The van der Waals surface area contributed by atoms with Crippen molar-refractivity contribution in [3.05, 3.63) is 59.0 Å². The molecule has 5 heteroatoms. The van der Waals surface area contributed by atoms with E-state index >= 15 is 0 Å². The number of hydrogen-bond acceptors (Lipinski definition) is 4. The molecule has 5 nitrogen and oxygen atoms in total. The summed E-state index contributed by atoms with van der Waals surface area (Å²) in [5, 5.41) is 12.4. The van der Waals surface area contributed by atoms with Gasteiger partial charge in [-0.3, -0.25) is 9.78 Å². The lowest BCUT2D eigenvalue weighted by molar-refractivity contribution is -0.114. The number of primary amides is 1. The fraction of sp³-hybridized carbons (Fsp3) is 0.118. The lowest BCUT2D eigenvalue weighted by Gasteiger charge is -2.27. The summed E-state index contributed by atoms with van der Waals surface area (Å²) in [5.41, 5.74) is 10.1. The average molecular weight is 290 g/mol. The normalized spacial score (nSPS) is 16.0. The number of nitrogens with two attached hydrogens (primary N) is 1. The minimum atomic E-state index is -0.509. The second-order valence-electron chi connectivity index (χ2n) is 5.16. The van der Waals surface area contributed by atoms with E-state index in [1.807, 2.05) is 25.1 Å². The van der Waals surface area contributed by atoms with Crippen LogP contribution in [0.15, 0.2) is 42.4 Å². The van der Waals surface area contributed by atoms with Gasteiger partial charge >= 0.3 is 0 Å². The molecule has 0 fully saturated rings. The van der Waals surface area contributed by atoms with Crippen LogP contribution in [0.5, 0.6) is 0 Å². The number of nitrogens with zero attached hydrogens (tertiary/aromatic N) is 2. The lowest BCUT2D eigenvalue weighted by atomic mass is 9.87. The molecule has 0 spiro atoms. The van der Waals surface area contributed by atoms with Crippen molar-refractivity contribution in [3.8, 4) is 17.2 Å². The van der Waals surface area contributed by atoms with Crippen molar-refractivity contribution >= 4 is 12.0 Å². The molecular formula is C17H14N4O. The van der Waals surface area contributed by atoms with E-state index in [2.05, 4.69) is 16.4 Å². The van der Waals surface area contributed by atoms with Gasteiger partial charge in [0.15, 0.2) is 0 Å². The van der Waals surface area contributed by atoms with Gasteiger partial charge in [0.1, 0.15) is 5.70 Å². The summed E-state index contributed by atoms with van der Waals surface area (Å²) >= 11 is 0. The third-order valence-corrected chi connectivity index (χ3v) is 3.70. The van der Waals surface area contributed by atoms with Gasteiger partial charge in [-0.05, 0) is 59.5 Å². The highest BCUT2D eigenvalue weighted by molar-refractivity contribution is 5.97. The Kier molecular flexibility index (Phi) is 3.36. The van der Waals surface area contributed by atoms with Crippen LogP contribution in [0.4, 0.5) is 0 Å². The van der Waals surface area contributed by atoms with E-state index < -0.39 is 5.91 Å². The number of nitrogens with one attached hydrogen (secondary N) is 1. The molecule has 108 valence electrons. The average Bonchev–Trinajstić information content (AvgIpc) is 2.54. The van der Waals surface area contributed by atoms with Gasteiger partial charge in [0.25, 0.3) is 5.91 Å². The summed E-state index contributed by atoms with van der Waals surface area (Å²) in [6, 6.07) is 9.51. The summed E-state index contributed by atoms with van der Waals surface area (Å²) in [7, 11) is 0. The van der Waals surface area contributed by atoms with Crippen LogP contribution in [0.3, 0.4) is 0 Å². The number of carbonyl (C=O) groups is 1. The highest BCUT2D eigenvalue weighted by Crippen LogP contribution is 2.36. The quantitative estimate of drug-likeness (QED) is 0.886. The molecule has 1 atom stereocenters. The molecule has 0 saturated heterocycles. The number of pyridine rings is 1. The van der Waals surface area contributed by atoms with E-state index in [4.69, 9.17) is 5.73 Å². The first-order valence-corrected chi connectivity index (χ1v) is 6.86. The van der Waals surface area contributed by atoms with Gasteiger partial charge < -0.3 is 11.1 Å². The van der Waals surface area contributed by atoms with Gasteiger partial charge in [0, 0.05) is 18.4 Å². The molecule has 0 aliphatic carbocycles. The Hall–Kier alpha value is -3.13. The van der Waals surface area contributed by atoms with Crippen molar-refractivity contribution in [1.82, 2.24) is 10.3 Å². The number of carbonyl (C=O) groups excluding carboxylic acids is 1. The van der Waals surface area contributed by atoms with Crippen LogP contribution in [-0.2, 0) is 4.79 Å². The second-order valence-corrected chi connectivity index (χ2v) is 5.16. The van der Waals surface area contributed by atoms with Crippen LogP contribution in [0.2, 0.25) is 0 Å². The summed E-state index contributed by atoms with van der Waals surface area (Å²) in [5.74, 6) is -0.509. The molecule has 0 bridgehead atoms. The monoisotopic (exact) mass is 290 g/mol. The zero-order valence-corrected chi connectivity index (χ0v) is 12.0. The molecule has 1 aromatic carbocycles. The maximum atomic E-state index is 11.4. The van der Waals surface area contributed by atoms with Crippen molar-refractivity contribution in [3.63, 3.8) is 0 Å². The van der Waals surface area contributed by atoms with E-state index in [0.717, 1.165) is 22.3 Å². The van der Waals surface area contributed by atoms with Gasteiger partial charge in [-0.25, -0.2) is 0 Å². The molecule has 2 heterocycles. The molecule has 3 rings (SSSR count). The smallest absolute Gasteiger partial charge is 0.264 e. The minimum Gasteiger partial charge on any atom is -0.374 e. The number of rotatable bonds is 2. The summed E-state index contributed by atoms with van der Waals surface area (Å²) < 4.78 is 0. The number of benzene rings is 1. The van der Waals surface area contributed by atoms with Crippen LogP contribution in [0.25, 0.3) is 17.2 Å². The van der Waals surface area contributed by atoms with Gasteiger partial charge in [-0.15, -0.1) is 0 Å². The molecule has 1 amide bonds. The van der Waals surface area contributed by atoms with Gasteiger partial charge in [-0.2, -0.15) is 5.26 Å². The summed E-state index contributed by atoms with van der Waals surface area (Å²) in [4.78, 5) is 15.5. The van der Waals surface area contributed by atoms with E-state index in [0.29, 0.717) is 11.3 Å². The number of amides is 1. The standard InChI is InChI=1S/C17H14N4O/c1-10-16-13(8-15(21-10)17(19)22)6-11(9-18)7-14(16)12-2-4-20-5-3-12/h2-8,10,21H,1H3,(H2,19,22). The topological polar surface area (TPSA) is 91.8 Å². The second kappa shape index (κ2) is 5.34. The number of aromatic nitrogens is 1. The molecule has 1 aromatic heterocycles. The van der Waals surface area contributed by atoms with Crippen molar-refractivity contribution in [2.75, 3.05) is 0 Å². The number of fused-ring (bicyclic) bond motifs is 1. The molecule has 1 aliphatic rings. The summed E-state index contributed by atoms with van der Waals surface area (Å²) in [6.07, 6.45) is 5.13. The fourth-order valence-corrected chi connectivity index (χ4v) is 2.76. The van der Waals surface area contributed by atoms with Crippen molar-refractivity contribution in [2.24, 2.45) is 5.73 Å². The first kappa shape index (κ1) is 13.8. The Bertz CT molecular complexity index is 819. The molecule has 0 saturated carbocycles. The maximum absolute atomic E-state index is 11.4. The van der Waals surface area contributed by atoms with Crippen LogP contribution in [0.1, 0.15) is 29.7 Å². The zero-order valence-electron chi connectivity index (χ0n) is 12.0. The molecule has 2 aromatic rings. The first-order chi connectivity index (χ1) is 10.6. The minimum absolute atomic E-state index is 0.0848. The van der Waals surface area contributed by atoms with E-state index in [9.17, 15) is 10.1 Å². The fourth-order valence-electron chi connectivity index (χ4n) is 2.76. The van der Waals surface area contributed by atoms with Gasteiger partial charge in [-0.1, -0.05) is 0 Å². The third kappa shape index (κ3) is 2.31. The van der Waals surface area contributed by atoms with Gasteiger partial charge in [0.2, 0.25) is 0 Å². The molecule has 0 radical (unpaired) electrons. The van der Waals surface area contributed by atoms with Crippen LogP contribution < -0.4 is 11.1 Å². The molecule has 1 unspecified atom stereocenters. The Morgan fingerprint density at radius 2 is 2.09 bits per heavy atom. The first-order valence-electron chi connectivity index (χ1n) is 6.86. The number of hydrogen-bond donors (Lipinski definition) is 2. The van der Waals surface area contributed by atoms with Crippen LogP contribution >= 0.6 is 0 Å². The largest absolute Gasteiger partial charge is 0.374 e. The van der Waals surface area contributed by atoms with E-state index in [1.165, 1.54) is 0 Å². The van der Waals surface area contributed by atoms with Crippen LogP contribution in [0, 0.1) is 11.3 Å². The SMILES string of the molecule is CC1NC(C(N)=O)=Cc2cc(C#N)cc(-c3ccncc3)c21. The third-order valence-electron chi connectivity index (χ3n) is 3.70. The Labute approximate surface area is 128 Å². The van der Waals surface area contributed by atoms with Gasteiger partial charge in [0.05, 0.1) is 11.6 Å². The predicted molar refractivity (Wildman–Crippen MR) is 83.1 cm³/mol. The Morgan fingerprint density at radius 1 is 1.36 bits per heavy atom. The summed E-state index contributed by atoms with van der Waals surface area (Å²) in [6.45, 7) is 1.96. The number of nitriles is 1. The Morgan fingerprint density at radius 3 is 2.73 bits per heavy atom. The molecule has 22 heavy (non-hydrogen) atoms. The molecule has 3 N–H and O–H groups in total. The van der Waals surface area contributed by atoms with Crippen molar-refractivity contribution in [1.29, 1.82) is 5.26 Å². The highest BCUT2D eigenvalue weighted by atomic mass is 16.1. The highest BCUT2D eigenvalue weighted by Gasteiger charge is 2.23. The molecule has 1 aliphatic heterocycles. The predicted octanol–water partition coefficient (Wildman–Crippen LogP) is 2.11. The van der Waals surface area contributed by atoms with E-state index in [1.54, 1.807) is 24.5 Å². The van der Waals surface area contributed by atoms with Crippen molar-refractivity contribution < 1.29 is 4.79 Å². The molecular weight excluding hydrogens is 276 g/mol. The lowest BCUT2D eigenvalue weighted by Crippen LogP contribution is -2.31. The Balaban J connectivity index is 2.28. The van der Waals surface area contributed by atoms with Crippen LogP contribution in [-0.4, -0.2) is 10.9 Å².